The van der Waals surface area contributed by atoms with Gasteiger partial charge in [0.2, 0.25) is 0 Å². The molecule has 1 aromatic heterocycles. The molecule has 0 saturated carbocycles. The van der Waals surface area contributed by atoms with E-state index < -0.39 is 0 Å². The zero-order valence-corrected chi connectivity index (χ0v) is 12.0. The maximum absolute atomic E-state index is 3.74. The number of hydrogen-bond acceptors (Lipinski definition) is 3. The van der Waals surface area contributed by atoms with Crippen molar-refractivity contribution < 1.29 is 0 Å². The SMILES string of the molecule is CC1CN(C)C(C)CC1NCCc1ccsc1. The zero-order valence-electron chi connectivity index (χ0n) is 11.1. The monoisotopic (exact) mass is 252 g/mol. The van der Waals surface area contributed by atoms with Crippen molar-refractivity contribution in [2.24, 2.45) is 5.92 Å². The van der Waals surface area contributed by atoms with Gasteiger partial charge in [0.1, 0.15) is 0 Å². The predicted molar refractivity (Wildman–Crippen MR) is 75.7 cm³/mol. The van der Waals surface area contributed by atoms with Gasteiger partial charge in [0.15, 0.2) is 0 Å². The molecule has 0 aromatic carbocycles. The van der Waals surface area contributed by atoms with Crippen LogP contribution in [0.3, 0.4) is 0 Å². The Balaban J connectivity index is 1.75. The lowest BCUT2D eigenvalue weighted by atomic mass is 9.90. The third-order valence-corrected chi connectivity index (χ3v) is 4.74. The summed E-state index contributed by atoms with van der Waals surface area (Å²) in [5.41, 5.74) is 1.47. The molecule has 1 fully saturated rings. The van der Waals surface area contributed by atoms with Crippen molar-refractivity contribution in [2.45, 2.75) is 38.8 Å². The van der Waals surface area contributed by atoms with E-state index in [-0.39, 0.29) is 0 Å². The Morgan fingerprint density at radius 1 is 1.47 bits per heavy atom. The Morgan fingerprint density at radius 2 is 2.29 bits per heavy atom. The van der Waals surface area contributed by atoms with E-state index in [0.29, 0.717) is 12.1 Å². The maximum atomic E-state index is 3.74. The summed E-state index contributed by atoms with van der Waals surface area (Å²) in [4.78, 5) is 2.47. The van der Waals surface area contributed by atoms with E-state index in [0.717, 1.165) is 18.9 Å². The van der Waals surface area contributed by atoms with E-state index in [1.807, 2.05) is 0 Å². The molecule has 3 atom stereocenters. The fourth-order valence-electron chi connectivity index (χ4n) is 2.66. The number of piperidine rings is 1. The molecule has 3 heteroatoms. The summed E-state index contributed by atoms with van der Waals surface area (Å²) in [6.45, 7) is 7.03. The zero-order chi connectivity index (χ0) is 12.3. The molecule has 2 rings (SSSR count). The molecule has 1 saturated heterocycles. The highest BCUT2D eigenvalue weighted by Crippen LogP contribution is 2.20. The topological polar surface area (TPSA) is 15.3 Å². The molecule has 0 amide bonds. The lowest BCUT2D eigenvalue weighted by Gasteiger charge is -2.40. The molecule has 1 aliphatic heterocycles. The average molecular weight is 252 g/mol. The van der Waals surface area contributed by atoms with E-state index in [2.05, 4.69) is 47.9 Å². The molecule has 2 nitrogen and oxygen atoms in total. The molecule has 17 heavy (non-hydrogen) atoms. The van der Waals surface area contributed by atoms with E-state index in [4.69, 9.17) is 0 Å². The number of thiophene rings is 1. The molecule has 0 radical (unpaired) electrons. The second-order valence-corrected chi connectivity index (χ2v) is 6.22. The number of nitrogens with one attached hydrogen (secondary N) is 1. The molecule has 3 unspecified atom stereocenters. The van der Waals surface area contributed by atoms with E-state index in [9.17, 15) is 0 Å². The van der Waals surface area contributed by atoms with E-state index >= 15 is 0 Å². The van der Waals surface area contributed by atoms with E-state index in [1.165, 1.54) is 18.5 Å². The van der Waals surface area contributed by atoms with Gasteiger partial charge in [-0.15, -0.1) is 0 Å². The van der Waals surface area contributed by atoms with Crippen LogP contribution in [0.25, 0.3) is 0 Å². The Hall–Kier alpha value is -0.380. The first kappa shape index (κ1) is 13.1. The van der Waals surface area contributed by atoms with Crippen molar-refractivity contribution in [3.05, 3.63) is 22.4 Å². The van der Waals surface area contributed by atoms with Crippen LogP contribution < -0.4 is 5.32 Å². The first-order chi connectivity index (χ1) is 8.16. The summed E-state index contributed by atoms with van der Waals surface area (Å²) < 4.78 is 0. The van der Waals surface area contributed by atoms with E-state index in [1.54, 1.807) is 11.3 Å². The first-order valence-corrected chi connectivity index (χ1v) is 7.56. The van der Waals surface area contributed by atoms with Gasteiger partial charge in [-0.3, -0.25) is 0 Å². The van der Waals surface area contributed by atoms with Gasteiger partial charge in [-0.1, -0.05) is 6.92 Å². The Kier molecular flexibility index (Phi) is 4.60. The molecule has 1 N–H and O–H groups in total. The minimum atomic E-state index is 0.694. The largest absolute Gasteiger partial charge is 0.313 e. The Bertz CT molecular complexity index is 323. The van der Waals surface area contributed by atoms with Crippen LogP contribution in [0.1, 0.15) is 25.8 Å². The molecule has 1 aliphatic rings. The lowest BCUT2D eigenvalue weighted by Crippen LogP contribution is -2.51. The van der Waals surface area contributed by atoms with Crippen LogP contribution in [0, 0.1) is 5.92 Å². The summed E-state index contributed by atoms with van der Waals surface area (Å²) in [7, 11) is 2.24. The number of likely N-dealkylation sites (tertiary alicyclic amines) is 1. The number of rotatable bonds is 4. The smallest absolute Gasteiger partial charge is 0.0120 e. The van der Waals surface area contributed by atoms with Crippen molar-refractivity contribution in [2.75, 3.05) is 20.1 Å². The average Bonchev–Trinajstić information content (AvgIpc) is 2.78. The highest BCUT2D eigenvalue weighted by molar-refractivity contribution is 7.07. The van der Waals surface area contributed by atoms with Crippen LogP contribution in [0.4, 0.5) is 0 Å². The van der Waals surface area contributed by atoms with Crippen molar-refractivity contribution in [3.8, 4) is 0 Å². The summed E-state index contributed by atoms with van der Waals surface area (Å²) in [6, 6.07) is 3.64. The van der Waals surface area contributed by atoms with Gasteiger partial charge in [0, 0.05) is 18.6 Å². The molecule has 2 heterocycles. The standard InChI is InChI=1S/C14H24N2S/c1-11-9-16(3)12(2)8-14(11)15-6-4-13-5-7-17-10-13/h5,7,10-12,14-15H,4,6,8-9H2,1-3H3. The molecule has 0 spiro atoms. The van der Waals surface area contributed by atoms with Crippen LogP contribution >= 0.6 is 11.3 Å². The Labute approximate surface area is 109 Å². The minimum absolute atomic E-state index is 0.694. The number of nitrogens with zero attached hydrogens (tertiary/aromatic N) is 1. The van der Waals surface area contributed by atoms with Gasteiger partial charge in [-0.25, -0.2) is 0 Å². The minimum Gasteiger partial charge on any atom is -0.313 e. The molecule has 1 aromatic rings. The van der Waals surface area contributed by atoms with Crippen LogP contribution in [-0.2, 0) is 6.42 Å². The second-order valence-electron chi connectivity index (χ2n) is 5.44. The first-order valence-electron chi connectivity index (χ1n) is 6.61. The summed E-state index contributed by atoms with van der Waals surface area (Å²) in [5, 5.41) is 8.15. The molecule has 0 aliphatic carbocycles. The Morgan fingerprint density at radius 3 is 3.00 bits per heavy atom. The summed E-state index contributed by atoms with van der Waals surface area (Å²) in [5.74, 6) is 0.763. The summed E-state index contributed by atoms with van der Waals surface area (Å²) in [6.07, 6.45) is 2.44. The van der Waals surface area contributed by atoms with Gasteiger partial charge in [0.05, 0.1) is 0 Å². The van der Waals surface area contributed by atoms with Gasteiger partial charge in [-0.2, -0.15) is 11.3 Å². The normalized spacial score (nSPS) is 30.6. The third kappa shape index (κ3) is 3.54. The van der Waals surface area contributed by atoms with Gasteiger partial charge < -0.3 is 10.2 Å². The van der Waals surface area contributed by atoms with Crippen molar-refractivity contribution in [3.63, 3.8) is 0 Å². The van der Waals surface area contributed by atoms with Gasteiger partial charge in [-0.05, 0) is 61.7 Å². The lowest BCUT2D eigenvalue weighted by molar-refractivity contribution is 0.122. The fourth-order valence-corrected chi connectivity index (χ4v) is 3.37. The van der Waals surface area contributed by atoms with Crippen LogP contribution in [0.5, 0.6) is 0 Å². The van der Waals surface area contributed by atoms with Crippen LogP contribution in [0.2, 0.25) is 0 Å². The fraction of sp³-hybridized carbons (Fsp3) is 0.714. The molecule has 0 bridgehead atoms. The van der Waals surface area contributed by atoms with Crippen molar-refractivity contribution in [1.29, 1.82) is 0 Å². The second kappa shape index (κ2) is 5.98. The molecular weight excluding hydrogens is 228 g/mol. The van der Waals surface area contributed by atoms with Crippen LogP contribution in [0.15, 0.2) is 16.8 Å². The predicted octanol–water partition coefficient (Wildman–Crippen LogP) is 2.61. The number of hydrogen-bond donors (Lipinski definition) is 1. The highest BCUT2D eigenvalue weighted by Gasteiger charge is 2.28. The maximum Gasteiger partial charge on any atom is 0.0120 e. The van der Waals surface area contributed by atoms with Gasteiger partial charge >= 0.3 is 0 Å². The van der Waals surface area contributed by atoms with Gasteiger partial charge in [0.25, 0.3) is 0 Å². The quantitative estimate of drug-likeness (QED) is 0.886. The third-order valence-electron chi connectivity index (χ3n) is 4.01. The summed E-state index contributed by atoms with van der Waals surface area (Å²) >= 11 is 1.79. The highest BCUT2D eigenvalue weighted by atomic mass is 32.1. The molecular formula is C14H24N2S. The van der Waals surface area contributed by atoms with Crippen molar-refractivity contribution >= 4 is 11.3 Å². The van der Waals surface area contributed by atoms with Crippen LogP contribution in [-0.4, -0.2) is 37.1 Å². The molecule has 96 valence electrons. The van der Waals surface area contributed by atoms with Crippen molar-refractivity contribution in [1.82, 2.24) is 10.2 Å².